The molecule has 1 unspecified atom stereocenters. The molecule has 0 saturated carbocycles. The number of aliphatic hydroxyl groups excluding tert-OH is 1. The van der Waals surface area contributed by atoms with E-state index in [1.165, 1.54) is 4.90 Å². The summed E-state index contributed by atoms with van der Waals surface area (Å²) in [5.41, 5.74) is 1.55. The third-order valence-corrected chi connectivity index (χ3v) is 4.68. The Morgan fingerprint density at radius 2 is 1.93 bits per heavy atom. The normalized spacial score (nSPS) is 16.8. The third-order valence-electron chi connectivity index (χ3n) is 4.68. The van der Waals surface area contributed by atoms with Gasteiger partial charge < -0.3 is 14.7 Å². The molecule has 1 aromatic heterocycles. The van der Waals surface area contributed by atoms with E-state index in [1.54, 1.807) is 31.5 Å². The highest BCUT2D eigenvalue weighted by atomic mass is 16.5. The zero-order valence-electron chi connectivity index (χ0n) is 16.3. The zero-order valence-corrected chi connectivity index (χ0v) is 16.3. The lowest BCUT2D eigenvalue weighted by Gasteiger charge is -2.26. The molecule has 1 N–H and O–H groups in total. The van der Waals surface area contributed by atoms with Crippen LogP contribution < -0.4 is 4.74 Å². The van der Waals surface area contributed by atoms with Gasteiger partial charge in [0.2, 0.25) is 0 Å². The van der Waals surface area contributed by atoms with Crippen LogP contribution in [0.5, 0.6) is 5.75 Å². The molecular formula is C22H24N2O4. The number of methoxy groups -OCH3 is 1. The second kappa shape index (κ2) is 8.25. The molecule has 3 rings (SSSR count). The second-order valence-electron chi connectivity index (χ2n) is 7.22. The number of ether oxygens (including phenoxy) is 1. The number of pyridine rings is 1. The van der Waals surface area contributed by atoms with Crippen molar-refractivity contribution in [1.82, 2.24) is 9.88 Å². The van der Waals surface area contributed by atoms with Crippen molar-refractivity contribution >= 4 is 11.7 Å². The van der Waals surface area contributed by atoms with Crippen molar-refractivity contribution in [1.29, 1.82) is 0 Å². The Hall–Kier alpha value is -3.15. The van der Waals surface area contributed by atoms with E-state index < -0.39 is 17.7 Å². The minimum Gasteiger partial charge on any atom is -0.503 e. The summed E-state index contributed by atoms with van der Waals surface area (Å²) in [6.07, 6.45) is 1.87. The molecule has 0 saturated heterocycles. The Morgan fingerprint density at radius 1 is 1.21 bits per heavy atom. The van der Waals surface area contributed by atoms with Crippen LogP contribution in [-0.2, 0) is 16.1 Å². The van der Waals surface area contributed by atoms with E-state index in [-0.39, 0.29) is 30.2 Å². The van der Waals surface area contributed by atoms with Crippen LogP contribution in [0.4, 0.5) is 0 Å². The van der Waals surface area contributed by atoms with Crippen LogP contribution in [0.3, 0.4) is 0 Å². The summed E-state index contributed by atoms with van der Waals surface area (Å²) >= 11 is 0. The molecule has 0 fully saturated rings. The van der Waals surface area contributed by atoms with E-state index in [0.717, 1.165) is 5.56 Å². The number of carbonyl (C=O) groups excluding carboxylic acids is 2. The smallest absolute Gasteiger partial charge is 0.290 e. The summed E-state index contributed by atoms with van der Waals surface area (Å²) in [5, 5.41) is 10.5. The maximum Gasteiger partial charge on any atom is 0.290 e. The van der Waals surface area contributed by atoms with Gasteiger partial charge in [-0.05, 0) is 35.7 Å². The largest absolute Gasteiger partial charge is 0.503 e. The van der Waals surface area contributed by atoms with Gasteiger partial charge in [-0.3, -0.25) is 14.6 Å². The second-order valence-corrected chi connectivity index (χ2v) is 7.22. The number of hydrogen-bond donors (Lipinski definition) is 1. The maximum atomic E-state index is 12.8. The minimum absolute atomic E-state index is 0.114. The Balaban J connectivity index is 1.98. The highest BCUT2D eigenvalue weighted by molar-refractivity contribution is 6.08. The standard InChI is InChI=1S/C22H24N2O4/c1-14(2)12-18(25)19-20(17-6-4-5-11-23-17)24(22(27)21(19)26)13-15-7-9-16(28-3)10-8-15/h4-11,14,20,26H,12-13H2,1-3H3. The van der Waals surface area contributed by atoms with Crippen molar-refractivity contribution in [2.45, 2.75) is 32.9 Å². The van der Waals surface area contributed by atoms with Crippen LogP contribution in [0.1, 0.15) is 37.6 Å². The molecule has 6 heteroatoms. The molecule has 1 atom stereocenters. The van der Waals surface area contributed by atoms with Crippen LogP contribution in [0.15, 0.2) is 60.0 Å². The van der Waals surface area contributed by atoms with Crippen molar-refractivity contribution in [3.8, 4) is 5.75 Å². The molecule has 6 nitrogen and oxygen atoms in total. The van der Waals surface area contributed by atoms with E-state index in [4.69, 9.17) is 4.74 Å². The first-order valence-electron chi connectivity index (χ1n) is 9.23. The molecule has 0 radical (unpaired) electrons. The van der Waals surface area contributed by atoms with E-state index in [9.17, 15) is 14.7 Å². The number of amides is 1. The summed E-state index contributed by atoms with van der Waals surface area (Å²) in [6, 6.07) is 12.0. The van der Waals surface area contributed by atoms with Gasteiger partial charge >= 0.3 is 0 Å². The van der Waals surface area contributed by atoms with Gasteiger partial charge in [-0.2, -0.15) is 0 Å². The van der Waals surface area contributed by atoms with Gasteiger partial charge in [0.15, 0.2) is 11.5 Å². The van der Waals surface area contributed by atoms with E-state index in [0.29, 0.717) is 11.4 Å². The fourth-order valence-corrected chi connectivity index (χ4v) is 3.36. The predicted molar refractivity (Wildman–Crippen MR) is 105 cm³/mol. The third kappa shape index (κ3) is 3.91. The lowest BCUT2D eigenvalue weighted by Crippen LogP contribution is -2.31. The number of nitrogens with zero attached hydrogens (tertiary/aromatic N) is 2. The molecule has 0 bridgehead atoms. The average Bonchev–Trinajstić information content (AvgIpc) is 2.94. The first-order chi connectivity index (χ1) is 13.4. The molecule has 2 heterocycles. The Kier molecular flexibility index (Phi) is 5.78. The van der Waals surface area contributed by atoms with Crippen molar-refractivity contribution in [3.05, 3.63) is 71.3 Å². The van der Waals surface area contributed by atoms with Gasteiger partial charge in [-0.25, -0.2) is 0 Å². The number of aliphatic hydroxyl groups is 1. The highest BCUT2D eigenvalue weighted by Crippen LogP contribution is 2.38. The molecule has 2 aromatic rings. The molecule has 28 heavy (non-hydrogen) atoms. The number of ketones is 1. The molecule has 1 aromatic carbocycles. The van der Waals surface area contributed by atoms with Crippen molar-refractivity contribution < 1.29 is 19.4 Å². The minimum atomic E-state index is -0.706. The molecule has 1 aliphatic rings. The molecule has 0 aliphatic carbocycles. The quantitative estimate of drug-likeness (QED) is 0.794. The zero-order chi connectivity index (χ0) is 20.3. The highest BCUT2D eigenvalue weighted by Gasteiger charge is 2.43. The molecule has 146 valence electrons. The summed E-state index contributed by atoms with van der Waals surface area (Å²) in [5.74, 6) is -0.434. The van der Waals surface area contributed by atoms with Gasteiger partial charge in [-0.15, -0.1) is 0 Å². The van der Waals surface area contributed by atoms with Gasteiger partial charge in [-0.1, -0.05) is 32.0 Å². The van der Waals surface area contributed by atoms with Gasteiger partial charge in [0.05, 0.1) is 18.4 Å². The van der Waals surface area contributed by atoms with Crippen LogP contribution in [0.2, 0.25) is 0 Å². The number of Topliss-reactive ketones (excluding diaryl/α,β-unsaturated/α-hetero) is 1. The Bertz CT molecular complexity index is 889. The summed E-state index contributed by atoms with van der Waals surface area (Å²) in [6.45, 7) is 4.10. The average molecular weight is 380 g/mol. The van der Waals surface area contributed by atoms with Crippen molar-refractivity contribution in [2.24, 2.45) is 5.92 Å². The first kappa shape index (κ1) is 19.6. The van der Waals surface area contributed by atoms with Gasteiger partial charge in [0, 0.05) is 19.2 Å². The number of aromatic nitrogens is 1. The summed E-state index contributed by atoms with van der Waals surface area (Å²) in [7, 11) is 1.59. The first-order valence-corrected chi connectivity index (χ1v) is 9.23. The fraction of sp³-hybridized carbons (Fsp3) is 0.318. The van der Waals surface area contributed by atoms with Crippen LogP contribution in [-0.4, -0.2) is 33.8 Å². The fourth-order valence-electron chi connectivity index (χ4n) is 3.36. The maximum absolute atomic E-state index is 12.8. The van der Waals surface area contributed by atoms with E-state index in [2.05, 4.69) is 4.98 Å². The number of rotatable bonds is 7. The SMILES string of the molecule is COc1ccc(CN2C(=O)C(O)=C(C(=O)CC(C)C)C2c2ccccn2)cc1. The van der Waals surface area contributed by atoms with Gasteiger partial charge in [0.1, 0.15) is 11.8 Å². The molecule has 1 aliphatic heterocycles. The van der Waals surface area contributed by atoms with Crippen LogP contribution >= 0.6 is 0 Å². The topological polar surface area (TPSA) is 79.7 Å². The Labute approximate surface area is 164 Å². The van der Waals surface area contributed by atoms with Crippen molar-refractivity contribution in [2.75, 3.05) is 7.11 Å². The molecular weight excluding hydrogens is 356 g/mol. The summed E-state index contributed by atoms with van der Waals surface area (Å²) in [4.78, 5) is 31.5. The van der Waals surface area contributed by atoms with E-state index in [1.807, 2.05) is 38.1 Å². The van der Waals surface area contributed by atoms with Crippen molar-refractivity contribution in [3.63, 3.8) is 0 Å². The van der Waals surface area contributed by atoms with E-state index >= 15 is 0 Å². The van der Waals surface area contributed by atoms with Crippen LogP contribution in [0.25, 0.3) is 0 Å². The molecule has 0 spiro atoms. The lowest BCUT2D eigenvalue weighted by atomic mass is 9.94. The van der Waals surface area contributed by atoms with Crippen LogP contribution in [0, 0.1) is 5.92 Å². The Morgan fingerprint density at radius 3 is 2.50 bits per heavy atom. The number of hydrogen-bond acceptors (Lipinski definition) is 5. The number of carbonyl (C=O) groups is 2. The molecule has 1 amide bonds. The predicted octanol–water partition coefficient (Wildman–Crippen LogP) is 3.60. The summed E-state index contributed by atoms with van der Waals surface area (Å²) < 4.78 is 5.17. The lowest BCUT2D eigenvalue weighted by molar-refractivity contribution is -0.130. The van der Waals surface area contributed by atoms with Gasteiger partial charge in [0.25, 0.3) is 5.91 Å². The number of benzene rings is 1. The monoisotopic (exact) mass is 380 g/mol.